The van der Waals surface area contributed by atoms with Crippen LogP contribution in [0.2, 0.25) is 0 Å². The SMILES string of the molecule is CN1C(=O)/C(=C/c2ccc(N(c3ccccc3)c3ccncc3)[se]2)C(=O)NC1=S. The van der Waals surface area contributed by atoms with E-state index in [4.69, 9.17) is 12.2 Å². The van der Waals surface area contributed by atoms with Gasteiger partial charge in [-0.1, -0.05) is 0 Å². The zero-order valence-corrected chi connectivity index (χ0v) is 17.9. The summed E-state index contributed by atoms with van der Waals surface area (Å²) in [5, 5.41) is 2.66. The fourth-order valence-electron chi connectivity index (χ4n) is 2.90. The van der Waals surface area contributed by atoms with E-state index in [-0.39, 0.29) is 25.2 Å². The molecule has 2 aromatic heterocycles. The Kier molecular flexibility index (Phi) is 5.40. The van der Waals surface area contributed by atoms with Crippen LogP contribution in [-0.4, -0.2) is 48.4 Å². The molecule has 1 fully saturated rings. The van der Waals surface area contributed by atoms with E-state index in [9.17, 15) is 9.59 Å². The molecule has 1 N–H and O–H groups in total. The van der Waals surface area contributed by atoms with Crippen LogP contribution in [0.3, 0.4) is 0 Å². The molecule has 0 spiro atoms. The number of likely N-dealkylation sites (N-methyl/N-ethyl adjacent to an activating group) is 1. The van der Waals surface area contributed by atoms with Crippen molar-refractivity contribution < 1.29 is 9.59 Å². The van der Waals surface area contributed by atoms with Crippen molar-refractivity contribution in [1.82, 2.24) is 15.2 Å². The van der Waals surface area contributed by atoms with Crippen LogP contribution in [-0.2, 0) is 9.59 Å². The van der Waals surface area contributed by atoms with E-state index in [1.165, 1.54) is 4.90 Å². The van der Waals surface area contributed by atoms with Crippen molar-refractivity contribution in [2.24, 2.45) is 0 Å². The molecule has 6 nitrogen and oxygen atoms in total. The average molecular weight is 467 g/mol. The molecule has 0 radical (unpaired) electrons. The monoisotopic (exact) mass is 468 g/mol. The van der Waals surface area contributed by atoms with Gasteiger partial charge in [0.2, 0.25) is 0 Å². The minimum atomic E-state index is -0.461. The summed E-state index contributed by atoms with van der Waals surface area (Å²) in [6, 6.07) is 17.9. The number of anilines is 3. The fraction of sp³-hybridized carbons (Fsp3) is 0.0476. The molecule has 0 unspecified atom stereocenters. The molecule has 2 amide bonds. The molecule has 4 rings (SSSR count). The Balaban J connectivity index is 1.72. The van der Waals surface area contributed by atoms with E-state index < -0.39 is 11.8 Å². The van der Waals surface area contributed by atoms with Crippen LogP contribution >= 0.6 is 12.2 Å². The summed E-state index contributed by atoms with van der Waals surface area (Å²) in [4.78, 5) is 32.2. The van der Waals surface area contributed by atoms with Crippen molar-refractivity contribution in [3.05, 3.63) is 77.0 Å². The van der Waals surface area contributed by atoms with Crippen LogP contribution in [0, 0.1) is 0 Å². The van der Waals surface area contributed by atoms with Gasteiger partial charge in [0.25, 0.3) is 0 Å². The maximum atomic E-state index is 12.4. The first-order valence-corrected chi connectivity index (χ1v) is 10.9. The molecule has 3 aromatic rings. The second-order valence-corrected chi connectivity index (χ2v) is 8.92. The summed E-state index contributed by atoms with van der Waals surface area (Å²) in [5.74, 6) is -0.852. The summed E-state index contributed by atoms with van der Waals surface area (Å²) in [6.45, 7) is 0. The second kappa shape index (κ2) is 8.13. The number of amides is 2. The van der Waals surface area contributed by atoms with Gasteiger partial charge in [-0.05, 0) is 0 Å². The Morgan fingerprint density at radius 3 is 2.45 bits per heavy atom. The number of thiocarbonyl (C=S) groups is 1. The molecule has 1 saturated heterocycles. The molecule has 1 aliphatic heterocycles. The standard InChI is InChI=1S/C21H16N4O2SSe/c1-24-20(27)17(19(26)23-21(24)28)13-16-7-8-18(29-16)25(14-5-3-2-4-6-14)15-9-11-22-12-10-15/h2-13H,1H3,(H,23,26,28)/b17-13+. The predicted octanol–water partition coefficient (Wildman–Crippen LogP) is 2.86. The third kappa shape index (κ3) is 3.91. The number of hydrogen-bond acceptors (Lipinski definition) is 5. The van der Waals surface area contributed by atoms with Gasteiger partial charge >= 0.3 is 179 Å². The van der Waals surface area contributed by atoms with E-state index in [1.807, 2.05) is 54.6 Å². The van der Waals surface area contributed by atoms with Crippen molar-refractivity contribution in [3.8, 4) is 0 Å². The molecule has 0 bridgehead atoms. The molecule has 144 valence electrons. The first kappa shape index (κ1) is 19.3. The van der Waals surface area contributed by atoms with Gasteiger partial charge in [0.15, 0.2) is 0 Å². The zero-order valence-electron chi connectivity index (χ0n) is 15.4. The van der Waals surface area contributed by atoms with Crippen LogP contribution in [0.4, 0.5) is 15.9 Å². The number of rotatable bonds is 4. The van der Waals surface area contributed by atoms with Gasteiger partial charge in [-0.3, -0.25) is 0 Å². The fourth-order valence-corrected chi connectivity index (χ4v) is 5.16. The maximum absolute atomic E-state index is 12.4. The van der Waals surface area contributed by atoms with E-state index in [0.29, 0.717) is 0 Å². The van der Waals surface area contributed by atoms with Gasteiger partial charge < -0.3 is 0 Å². The molecule has 0 saturated carbocycles. The van der Waals surface area contributed by atoms with E-state index >= 15 is 0 Å². The Hall–Kier alpha value is -3.06. The number of carbonyl (C=O) groups excluding carboxylic acids is 2. The van der Waals surface area contributed by atoms with Crippen molar-refractivity contribution in [2.75, 3.05) is 11.9 Å². The van der Waals surface area contributed by atoms with Gasteiger partial charge in [0, 0.05) is 0 Å². The average Bonchev–Trinajstić information content (AvgIpc) is 3.19. The number of nitrogens with one attached hydrogen (secondary N) is 1. The molecular weight excluding hydrogens is 451 g/mol. The van der Waals surface area contributed by atoms with Crippen LogP contribution in [0.1, 0.15) is 4.44 Å². The van der Waals surface area contributed by atoms with Gasteiger partial charge in [-0.2, -0.15) is 0 Å². The quantitative estimate of drug-likeness (QED) is 0.277. The summed E-state index contributed by atoms with van der Waals surface area (Å²) in [7, 11) is 1.55. The van der Waals surface area contributed by atoms with E-state index in [1.54, 1.807) is 25.5 Å². The molecule has 0 aliphatic carbocycles. The van der Waals surface area contributed by atoms with Crippen LogP contribution < -0.4 is 10.2 Å². The Bertz CT molecular complexity index is 1070. The molecule has 0 atom stereocenters. The molecular formula is C21H16N4O2SSe. The normalized spacial score (nSPS) is 15.6. The van der Waals surface area contributed by atoms with Gasteiger partial charge in [-0.15, -0.1) is 0 Å². The number of nitrogens with zero attached hydrogens (tertiary/aromatic N) is 3. The molecule has 3 heterocycles. The van der Waals surface area contributed by atoms with Gasteiger partial charge in [-0.25, -0.2) is 0 Å². The number of hydrogen-bond donors (Lipinski definition) is 1. The van der Waals surface area contributed by atoms with Crippen molar-refractivity contribution in [1.29, 1.82) is 0 Å². The predicted molar refractivity (Wildman–Crippen MR) is 117 cm³/mol. The van der Waals surface area contributed by atoms with Crippen molar-refractivity contribution in [2.45, 2.75) is 0 Å². The van der Waals surface area contributed by atoms with Crippen molar-refractivity contribution in [3.63, 3.8) is 0 Å². The number of pyridine rings is 1. The molecule has 1 aromatic carbocycles. The number of benzene rings is 1. The first-order valence-electron chi connectivity index (χ1n) is 8.75. The van der Waals surface area contributed by atoms with Gasteiger partial charge in [0.1, 0.15) is 0 Å². The van der Waals surface area contributed by atoms with Crippen LogP contribution in [0.25, 0.3) is 6.08 Å². The topological polar surface area (TPSA) is 65.5 Å². The summed E-state index contributed by atoms with van der Waals surface area (Å²) in [5.41, 5.74) is 2.13. The molecule has 1 aliphatic rings. The Labute approximate surface area is 179 Å². The molecule has 29 heavy (non-hydrogen) atoms. The Morgan fingerprint density at radius 1 is 1.03 bits per heavy atom. The van der Waals surface area contributed by atoms with Crippen molar-refractivity contribution >= 4 is 65.7 Å². The first-order chi connectivity index (χ1) is 14.0. The third-order valence-electron chi connectivity index (χ3n) is 4.36. The van der Waals surface area contributed by atoms with E-state index in [0.717, 1.165) is 20.4 Å². The van der Waals surface area contributed by atoms with Crippen LogP contribution in [0.15, 0.2) is 72.6 Å². The minimum absolute atomic E-state index is 0.0940. The number of carbonyl (C=O) groups is 2. The van der Waals surface area contributed by atoms with Crippen LogP contribution in [0.5, 0.6) is 0 Å². The number of aromatic nitrogens is 1. The summed E-state index contributed by atoms with van der Waals surface area (Å²) in [6.07, 6.45) is 5.18. The zero-order chi connectivity index (χ0) is 20.4. The summed E-state index contributed by atoms with van der Waals surface area (Å²) >= 11 is 4.90. The van der Waals surface area contributed by atoms with Gasteiger partial charge in [0.05, 0.1) is 0 Å². The summed E-state index contributed by atoms with van der Waals surface area (Å²) < 4.78 is 2.02. The number of para-hydroxylation sites is 1. The second-order valence-electron chi connectivity index (χ2n) is 6.23. The third-order valence-corrected chi connectivity index (χ3v) is 6.87. The van der Waals surface area contributed by atoms with E-state index in [2.05, 4.69) is 15.2 Å². The Morgan fingerprint density at radius 2 is 1.72 bits per heavy atom. The molecule has 8 heteroatoms.